The van der Waals surface area contributed by atoms with Gasteiger partial charge in [-0.25, -0.2) is 0 Å². The summed E-state index contributed by atoms with van der Waals surface area (Å²) >= 11 is 11.6. The molecule has 0 bridgehead atoms. The maximum atomic E-state index is 11.8. The molecule has 0 aliphatic carbocycles. The van der Waals surface area contributed by atoms with Gasteiger partial charge in [0, 0.05) is 16.9 Å². The van der Waals surface area contributed by atoms with E-state index in [4.69, 9.17) is 23.2 Å². The number of halogens is 2. The monoisotopic (exact) mass is 283 g/mol. The molecule has 1 heterocycles. The van der Waals surface area contributed by atoms with E-state index < -0.39 is 0 Å². The van der Waals surface area contributed by atoms with Crippen molar-refractivity contribution in [2.75, 3.05) is 5.32 Å². The van der Waals surface area contributed by atoms with Crippen molar-refractivity contribution in [1.29, 1.82) is 0 Å². The van der Waals surface area contributed by atoms with Crippen LogP contribution < -0.4 is 5.32 Å². The predicted octanol–water partition coefficient (Wildman–Crippen LogP) is 3.14. The Balaban J connectivity index is 2.05. The number of aryl methyl sites for hydroxylation is 1. The summed E-state index contributed by atoms with van der Waals surface area (Å²) < 4.78 is 1.47. The van der Waals surface area contributed by atoms with Crippen LogP contribution in [-0.2, 0) is 11.3 Å². The molecule has 1 aromatic carbocycles. The third kappa shape index (κ3) is 3.24. The van der Waals surface area contributed by atoms with Crippen LogP contribution in [-0.4, -0.2) is 15.7 Å². The van der Waals surface area contributed by atoms with E-state index in [1.165, 1.54) is 10.9 Å². The Bertz CT molecular complexity index is 580. The predicted molar refractivity (Wildman–Crippen MR) is 72.1 cm³/mol. The van der Waals surface area contributed by atoms with Crippen molar-refractivity contribution in [3.63, 3.8) is 0 Å². The third-order valence-corrected chi connectivity index (χ3v) is 2.81. The molecule has 1 N–H and O–H groups in total. The Hall–Kier alpha value is -1.52. The van der Waals surface area contributed by atoms with E-state index >= 15 is 0 Å². The van der Waals surface area contributed by atoms with E-state index in [1.807, 2.05) is 13.0 Å². The molecule has 0 aliphatic rings. The lowest BCUT2D eigenvalue weighted by Gasteiger charge is -2.08. The number of nitrogens with zero attached hydrogens (tertiary/aromatic N) is 2. The molecule has 1 amide bonds. The Morgan fingerprint density at radius 1 is 1.39 bits per heavy atom. The van der Waals surface area contributed by atoms with Crippen molar-refractivity contribution >= 4 is 34.8 Å². The summed E-state index contributed by atoms with van der Waals surface area (Å²) in [6.45, 7) is 2.01. The topological polar surface area (TPSA) is 46.9 Å². The van der Waals surface area contributed by atoms with E-state index in [0.717, 1.165) is 5.56 Å². The van der Waals surface area contributed by atoms with Gasteiger partial charge in [-0.05, 0) is 24.6 Å². The highest BCUT2D eigenvalue weighted by Gasteiger charge is 2.07. The molecule has 0 fully saturated rings. The van der Waals surface area contributed by atoms with Gasteiger partial charge < -0.3 is 5.32 Å². The van der Waals surface area contributed by atoms with Crippen LogP contribution in [0.4, 0.5) is 5.69 Å². The molecule has 0 saturated carbocycles. The molecule has 0 atom stereocenters. The molecule has 4 nitrogen and oxygen atoms in total. The molecule has 0 spiro atoms. The fraction of sp³-hybridized carbons (Fsp3) is 0.167. The van der Waals surface area contributed by atoms with Crippen molar-refractivity contribution in [3.05, 3.63) is 46.2 Å². The lowest BCUT2D eigenvalue weighted by molar-refractivity contribution is -0.116. The van der Waals surface area contributed by atoms with E-state index in [1.54, 1.807) is 18.3 Å². The number of benzene rings is 1. The third-order valence-electron chi connectivity index (χ3n) is 2.38. The highest BCUT2D eigenvalue weighted by atomic mass is 35.5. The molecular weight excluding hydrogens is 273 g/mol. The lowest BCUT2D eigenvalue weighted by atomic mass is 10.2. The number of rotatable bonds is 3. The minimum Gasteiger partial charge on any atom is -0.324 e. The average molecular weight is 284 g/mol. The first-order chi connectivity index (χ1) is 8.54. The Kier molecular flexibility index (Phi) is 3.89. The van der Waals surface area contributed by atoms with Crippen LogP contribution in [0.2, 0.25) is 10.0 Å². The number of amides is 1. The van der Waals surface area contributed by atoms with Crippen LogP contribution in [0.1, 0.15) is 5.56 Å². The molecule has 18 heavy (non-hydrogen) atoms. The van der Waals surface area contributed by atoms with E-state index in [0.29, 0.717) is 15.7 Å². The Labute approximate surface area is 115 Å². The van der Waals surface area contributed by atoms with Crippen LogP contribution >= 0.6 is 23.2 Å². The van der Waals surface area contributed by atoms with Gasteiger partial charge >= 0.3 is 0 Å². The van der Waals surface area contributed by atoms with Crippen molar-refractivity contribution in [1.82, 2.24) is 9.78 Å². The molecule has 0 radical (unpaired) electrons. The number of carbonyl (C=O) groups excluding carboxylic acids is 1. The smallest absolute Gasteiger partial charge is 0.246 e. The fourth-order valence-corrected chi connectivity index (χ4v) is 1.82. The van der Waals surface area contributed by atoms with Crippen molar-refractivity contribution in [3.8, 4) is 0 Å². The molecule has 94 valence electrons. The van der Waals surface area contributed by atoms with Gasteiger partial charge in [0.25, 0.3) is 0 Å². The minimum absolute atomic E-state index is 0.110. The number of hydrogen-bond donors (Lipinski definition) is 1. The first-order valence-electron chi connectivity index (χ1n) is 5.28. The Morgan fingerprint density at radius 3 is 2.83 bits per heavy atom. The number of hydrogen-bond acceptors (Lipinski definition) is 2. The van der Waals surface area contributed by atoms with Gasteiger partial charge in [0.1, 0.15) is 6.54 Å². The number of anilines is 1. The summed E-state index contributed by atoms with van der Waals surface area (Å²) in [6.07, 6.45) is 3.07. The van der Waals surface area contributed by atoms with Gasteiger partial charge in [-0.15, -0.1) is 0 Å². The molecule has 1 aromatic heterocycles. The van der Waals surface area contributed by atoms with Crippen LogP contribution in [0.25, 0.3) is 0 Å². The zero-order chi connectivity index (χ0) is 13.1. The molecule has 6 heteroatoms. The average Bonchev–Trinajstić information content (AvgIpc) is 2.69. The van der Waals surface area contributed by atoms with Crippen molar-refractivity contribution in [2.24, 2.45) is 0 Å². The molecule has 0 saturated heterocycles. The summed E-state index contributed by atoms with van der Waals surface area (Å²) in [5.74, 6) is -0.180. The zero-order valence-corrected chi connectivity index (χ0v) is 11.2. The molecule has 0 unspecified atom stereocenters. The van der Waals surface area contributed by atoms with Gasteiger partial charge in [-0.3, -0.25) is 9.48 Å². The summed E-state index contributed by atoms with van der Waals surface area (Å²) in [5.41, 5.74) is 1.65. The lowest BCUT2D eigenvalue weighted by Crippen LogP contribution is -2.19. The largest absolute Gasteiger partial charge is 0.324 e. The van der Waals surface area contributed by atoms with E-state index in [2.05, 4.69) is 10.4 Å². The minimum atomic E-state index is -0.180. The van der Waals surface area contributed by atoms with Crippen molar-refractivity contribution in [2.45, 2.75) is 13.5 Å². The number of nitrogens with one attached hydrogen (secondary N) is 1. The van der Waals surface area contributed by atoms with Gasteiger partial charge in [-0.1, -0.05) is 29.3 Å². The quantitative estimate of drug-likeness (QED) is 0.941. The van der Waals surface area contributed by atoms with Crippen LogP contribution in [0.15, 0.2) is 30.6 Å². The molecular formula is C12H11Cl2N3O. The second-order valence-electron chi connectivity index (χ2n) is 3.86. The van der Waals surface area contributed by atoms with Crippen LogP contribution in [0.5, 0.6) is 0 Å². The second kappa shape index (κ2) is 5.42. The van der Waals surface area contributed by atoms with E-state index in [-0.39, 0.29) is 12.5 Å². The van der Waals surface area contributed by atoms with Gasteiger partial charge in [0.15, 0.2) is 0 Å². The maximum absolute atomic E-state index is 11.8. The van der Waals surface area contributed by atoms with Crippen LogP contribution in [0, 0.1) is 6.92 Å². The molecule has 2 aromatic rings. The SMILES string of the molecule is Cc1ccc(Cl)cc1NC(=O)Cn1cc(Cl)cn1. The van der Waals surface area contributed by atoms with Crippen molar-refractivity contribution < 1.29 is 4.79 Å². The van der Waals surface area contributed by atoms with Crippen LogP contribution in [0.3, 0.4) is 0 Å². The first kappa shape index (κ1) is 12.9. The second-order valence-corrected chi connectivity index (χ2v) is 4.74. The Morgan fingerprint density at radius 2 is 2.17 bits per heavy atom. The van der Waals surface area contributed by atoms with Gasteiger partial charge in [0.05, 0.1) is 11.2 Å². The summed E-state index contributed by atoms with van der Waals surface area (Å²) in [7, 11) is 0. The number of aromatic nitrogens is 2. The summed E-state index contributed by atoms with van der Waals surface area (Å²) in [6, 6.07) is 5.34. The van der Waals surface area contributed by atoms with E-state index in [9.17, 15) is 4.79 Å². The fourth-order valence-electron chi connectivity index (χ4n) is 1.49. The zero-order valence-electron chi connectivity index (χ0n) is 9.65. The summed E-state index contributed by atoms with van der Waals surface area (Å²) in [4.78, 5) is 11.8. The highest BCUT2D eigenvalue weighted by molar-refractivity contribution is 6.31. The maximum Gasteiger partial charge on any atom is 0.246 e. The van der Waals surface area contributed by atoms with Gasteiger partial charge in [0.2, 0.25) is 5.91 Å². The van der Waals surface area contributed by atoms with Gasteiger partial charge in [-0.2, -0.15) is 5.10 Å². The molecule has 0 aliphatic heterocycles. The first-order valence-corrected chi connectivity index (χ1v) is 6.04. The standard InChI is InChI=1S/C12H11Cl2N3O/c1-8-2-3-9(13)4-11(8)16-12(18)7-17-6-10(14)5-15-17/h2-6H,7H2,1H3,(H,16,18). The number of carbonyl (C=O) groups is 1. The molecule has 2 rings (SSSR count). The highest BCUT2D eigenvalue weighted by Crippen LogP contribution is 2.20. The summed E-state index contributed by atoms with van der Waals surface area (Å²) in [5, 5.41) is 7.80. The normalized spacial score (nSPS) is 10.4.